The van der Waals surface area contributed by atoms with Crippen LogP contribution in [0.3, 0.4) is 0 Å². The number of esters is 1. The van der Waals surface area contributed by atoms with Gasteiger partial charge in [-0.2, -0.15) is 0 Å². The van der Waals surface area contributed by atoms with Gasteiger partial charge in [0.15, 0.2) is 5.78 Å². The molecule has 0 radical (unpaired) electrons. The normalized spacial score (nSPS) is 12.5. The van der Waals surface area contributed by atoms with Gasteiger partial charge in [0.25, 0.3) is 0 Å². The van der Waals surface area contributed by atoms with Crippen LogP contribution >= 0.6 is 0 Å². The van der Waals surface area contributed by atoms with Crippen LogP contribution in [0.1, 0.15) is 193 Å². The molecule has 0 atom stereocenters. The Kier molecular flexibility index (Phi) is 46.5. The summed E-state index contributed by atoms with van der Waals surface area (Å²) in [5.74, 6) is 1.48. The number of ether oxygens (including phenoxy) is 1. The van der Waals surface area contributed by atoms with Gasteiger partial charge >= 0.3 is 11.9 Å². The number of carboxylic acid groups (broad SMARTS) is 1. The number of anilines is 1. The van der Waals surface area contributed by atoms with E-state index >= 15 is 0 Å². The maximum atomic E-state index is 11.9. The summed E-state index contributed by atoms with van der Waals surface area (Å²) in [6.45, 7) is 27.0. The number of carbonyl (C=O) groups is 5. The predicted octanol–water partition coefficient (Wildman–Crippen LogP) is 12.3. The monoisotopic (exact) mass is 892 g/mol. The highest BCUT2D eigenvalue weighted by Crippen LogP contribution is 2.17. The summed E-state index contributed by atoms with van der Waals surface area (Å²) in [5.41, 5.74) is 2.12. The molecule has 0 unspecified atom stereocenters. The number of likely N-dealkylation sites (tertiary alicyclic amines) is 1. The molecule has 2 fully saturated rings. The number of piperazine rings is 1. The second kappa shape index (κ2) is 41.6. The van der Waals surface area contributed by atoms with Gasteiger partial charge in [-0.1, -0.05) is 131 Å². The molecule has 3 heterocycles. The number of amides is 2. The van der Waals surface area contributed by atoms with Crippen molar-refractivity contribution in [1.82, 2.24) is 19.8 Å². The number of carbonyl (C=O) groups excluding carboxylic acids is 4. The molecule has 0 saturated carbocycles. The molecular formula is C51H97N5O7. The Labute approximate surface area is 387 Å². The molecule has 2 aliphatic heterocycles. The third-order valence-electron chi connectivity index (χ3n) is 9.11. The van der Waals surface area contributed by atoms with Crippen LogP contribution in [-0.2, 0) is 23.9 Å². The fraction of sp³-hybridized carbons (Fsp3) is 0.706. The Balaban J connectivity index is -0.000000165. The van der Waals surface area contributed by atoms with Crippen molar-refractivity contribution in [3.8, 4) is 0 Å². The number of piperidine rings is 1. The van der Waals surface area contributed by atoms with Gasteiger partial charge in [0.2, 0.25) is 17.8 Å². The second-order valence-corrected chi connectivity index (χ2v) is 15.9. The zero-order valence-corrected chi connectivity index (χ0v) is 37.8. The fourth-order valence-corrected chi connectivity index (χ4v) is 5.47. The third kappa shape index (κ3) is 32.9. The minimum atomic E-state index is -0.741. The van der Waals surface area contributed by atoms with Crippen LogP contribution < -0.4 is 4.90 Å². The largest absolute Gasteiger partial charge is 0.481 e. The number of ketones is 1. The van der Waals surface area contributed by atoms with Crippen LogP contribution in [0.2, 0.25) is 0 Å². The van der Waals surface area contributed by atoms with Crippen molar-refractivity contribution < 1.29 is 33.8 Å². The van der Waals surface area contributed by atoms with E-state index in [9.17, 15) is 24.0 Å². The van der Waals surface area contributed by atoms with Crippen molar-refractivity contribution in [2.75, 3.05) is 50.8 Å². The van der Waals surface area contributed by atoms with Crippen molar-refractivity contribution >= 4 is 35.5 Å². The fourth-order valence-electron chi connectivity index (χ4n) is 5.47. The van der Waals surface area contributed by atoms with E-state index in [-0.39, 0.29) is 66.6 Å². The molecule has 368 valence electrons. The maximum Gasteiger partial charge on any atom is 0.308 e. The predicted molar refractivity (Wildman–Crippen MR) is 268 cm³/mol. The van der Waals surface area contributed by atoms with Gasteiger partial charge in [0.05, 0.1) is 18.4 Å². The van der Waals surface area contributed by atoms with Crippen LogP contribution in [0.25, 0.3) is 0 Å². The lowest BCUT2D eigenvalue weighted by Gasteiger charge is -2.35. The van der Waals surface area contributed by atoms with Gasteiger partial charge < -0.3 is 24.5 Å². The standard InChI is InChI=1S/C14H20O.C13H20N4O.C9H17NO.C6H12O2.C4H8O2.5CH4/c1-4-5-9-14(15)13-8-6-7-12(10-13)11(2)3;1-11(2)10-12(18)16-6-8-17(9-7-16)13-14-4-3-5-15-13;1-2-6-9(11)10-7-4-3-5-8-10;1-4-8-6(7)5(2)3;1-3(2)4(5)6;;;;;/h6-8,10-11H,4-5,9H2,1-3H3;3-5,11H,6-10H2,1-2H3;2-8H2,1H3;5H,4H2,1-3H3;3H,1-2H3,(H,5,6);5*1H4. The molecule has 0 bridgehead atoms. The molecule has 63 heavy (non-hydrogen) atoms. The van der Waals surface area contributed by atoms with Gasteiger partial charge in [-0.25, -0.2) is 9.97 Å². The molecule has 2 aliphatic rings. The summed E-state index contributed by atoms with van der Waals surface area (Å²) >= 11 is 0. The van der Waals surface area contributed by atoms with Gasteiger partial charge in [-0.3, -0.25) is 24.0 Å². The number of aliphatic carboxylic acids is 1. The van der Waals surface area contributed by atoms with Crippen LogP contribution in [0.4, 0.5) is 5.95 Å². The molecule has 0 spiro atoms. The summed E-state index contributed by atoms with van der Waals surface area (Å²) in [7, 11) is 0. The van der Waals surface area contributed by atoms with Gasteiger partial charge in [-0.15, -0.1) is 0 Å². The van der Waals surface area contributed by atoms with E-state index in [1.165, 1.54) is 24.8 Å². The molecule has 0 aliphatic carbocycles. The molecule has 1 aromatic heterocycles. The minimum absolute atomic E-state index is 0. The highest BCUT2D eigenvalue weighted by Gasteiger charge is 2.22. The third-order valence-corrected chi connectivity index (χ3v) is 9.11. The molecule has 12 nitrogen and oxygen atoms in total. The number of nitrogens with zero attached hydrogens (tertiary/aromatic N) is 5. The first-order chi connectivity index (χ1) is 27.5. The van der Waals surface area contributed by atoms with Crippen LogP contribution in [0, 0.1) is 17.8 Å². The van der Waals surface area contributed by atoms with Crippen molar-refractivity contribution in [3.63, 3.8) is 0 Å². The number of hydrogen-bond acceptors (Lipinski definition) is 9. The molecular weight excluding hydrogens is 795 g/mol. The number of benzene rings is 1. The van der Waals surface area contributed by atoms with Crippen molar-refractivity contribution in [2.45, 2.75) is 177 Å². The first kappa shape index (κ1) is 70.3. The van der Waals surface area contributed by atoms with Gasteiger partial charge in [0.1, 0.15) is 0 Å². The van der Waals surface area contributed by atoms with Crippen LogP contribution in [0.5, 0.6) is 0 Å². The summed E-state index contributed by atoms with van der Waals surface area (Å²) in [6.07, 6.45) is 12.3. The number of hydrogen-bond donors (Lipinski definition) is 1. The van der Waals surface area contributed by atoms with E-state index in [2.05, 4.69) is 67.2 Å². The number of carboxylic acids is 1. The quantitative estimate of drug-likeness (QED) is 0.152. The SMILES string of the molecule is C.C.C.C.C.CC(C)C(=O)O.CC(C)CC(=O)N1CCN(c2ncccn2)CC1.CCCC(=O)N1CCCCC1.CCCCC(=O)c1cccc(C(C)C)c1.CCOC(=O)C(C)C. The number of aromatic nitrogens is 2. The molecule has 1 N–H and O–H groups in total. The Morgan fingerprint density at radius 3 is 1.60 bits per heavy atom. The Morgan fingerprint density at radius 2 is 1.19 bits per heavy atom. The van der Waals surface area contributed by atoms with Crippen molar-refractivity contribution in [2.24, 2.45) is 17.8 Å². The lowest BCUT2D eigenvalue weighted by atomic mass is 9.98. The Morgan fingerprint density at radius 1 is 0.667 bits per heavy atom. The highest BCUT2D eigenvalue weighted by atomic mass is 16.5. The first-order valence-electron chi connectivity index (χ1n) is 21.6. The molecule has 4 rings (SSSR count). The lowest BCUT2D eigenvalue weighted by Crippen LogP contribution is -2.49. The molecule has 1 aromatic carbocycles. The number of Topliss-reactive ketones (excluding diaryl/α,β-unsaturated/α-hetero) is 1. The van der Waals surface area contributed by atoms with E-state index in [0.29, 0.717) is 37.2 Å². The highest BCUT2D eigenvalue weighted by molar-refractivity contribution is 5.96. The number of rotatable bonds is 13. The summed E-state index contributed by atoms with van der Waals surface area (Å²) in [5, 5.41) is 7.99. The maximum absolute atomic E-state index is 11.9. The average Bonchev–Trinajstić information content (AvgIpc) is 3.21. The van der Waals surface area contributed by atoms with Crippen molar-refractivity contribution in [3.05, 3.63) is 53.9 Å². The van der Waals surface area contributed by atoms with E-state index in [1.807, 2.05) is 47.9 Å². The summed E-state index contributed by atoms with van der Waals surface area (Å²) < 4.78 is 4.66. The zero-order valence-electron chi connectivity index (χ0n) is 37.8. The first-order valence-corrected chi connectivity index (χ1v) is 21.6. The number of unbranched alkanes of at least 4 members (excludes halogenated alkanes) is 1. The Bertz CT molecular complexity index is 1440. The lowest BCUT2D eigenvalue weighted by molar-refractivity contribution is -0.146. The molecule has 2 aromatic rings. The van der Waals surface area contributed by atoms with E-state index in [0.717, 1.165) is 76.5 Å². The average molecular weight is 892 g/mol. The second-order valence-electron chi connectivity index (χ2n) is 15.9. The van der Waals surface area contributed by atoms with E-state index < -0.39 is 5.97 Å². The van der Waals surface area contributed by atoms with E-state index in [4.69, 9.17) is 5.11 Å². The molecule has 12 heteroatoms. The van der Waals surface area contributed by atoms with Crippen LogP contribution in [0.15, 0.2) is 42.7 Å². The zero-order chi connectivity index (χ0) is 44.0. The van der Waals surface area contributed by atoms with Gasteiger partial charge in [-0.05, 0) is 68.6 Å². The van der Waals surface area contributed by atoms with Crippen molar-refractivity contribution in [1.29, 1.82) is 0 Å². The summed E-state index contributed by atoms with van der Waals surface area (Å²) in [6, 6.07) is 9.83. The summed E-state index contributed by atoms with van der Waals surface area (Å²) in [4.78, 5) is 69.8. The molecule has 2 amide bonds. The smallest absolute Gasteiger partial charge is 0.308 e. The van der Waals surface area contributed by atoms with Gasteiger partial charge in [0, 0.05) is 76.5 Å². The minimum Gasteiger partial charge on any atom is -0.481 e. The molecule has 2 saturated heterocycles. The van der Waals surface area contributed by atoms with Crippen LogP contribution in [-0.4, -0.2) is 100 Å². The van der Waals surface area contributed by atoms with E-state index in [1.54, 1.807) is 33.2 Å². The Hall–Kier alpha value is -4.35. The topological polar surface area (TPSA) is 150 Å².